The number of rotatable bonds is 8. The zero-order valence-corrected chi connectivity index (χ0v) is 12.9. The minimum Gasteiger partial charge on any atom is -0.494 e. The summed E-state index contributed by atoms with van der Waals surface area (Å²) in [6.07, 6.45) is 1.82. The first kappa shape index (κ1) is 15.2. The SMILES string of the molecule is CCOc1ccc(OCC)c(NCc2ccnn2CC)c1. The van der Waals surface area contributed by atoms with E-state index in [-0.39, 0.29) is 0 Å². The standard InChI is InChI=1S/C16H23N3O2/c1-4-19-13(9-10-18-19)12-17-15-11-14(20-5-2)7-8-16(15)21-6-3/h7-11,17H,4-6,12H2,1-3H3. The Morgan fingerprint density at radius 2 is 1.90 bits per heavy atom. The van der Waals surface area contributed by atoms with Crippen molar-refractivity contribution in [2.75, 3.05) is 18.5 Å². The molecule has 0 fully saturated rings. The van der Waals surface area contributed by atoms with Crippen LogP contribution in [0.2, 0.25) is 0 Å². The molecule has 2 rings (SSSR count). The number of benzene rings is 1. The molecule has 1 N–H and O–H groups in total. The Balaban J connectivity index is 2.14. The van der Waals surface area contributed by atoms with Crippen LogP contribution in [0.15, 0.2) is 30.5 Å². The molecule has 0 saturated carbocycles. The third-order valence-electron chi connectivity index (χ3n) is 3.13. The van der Waals surface area contributed by atoms with E-state index in [0.717, 1.165) is 29.4 Å². The highest BCUT2D eigenvalue weighted by molar-refractivity contribution is 5.59. The highest BCUT2D eigenvalue weighted by Gasteiger charge is 2.07. The molecular formula is C16H23N3O2. The van der Waals surface area contributed by atoms with Crippen molar-refractivity contribution in [3.63, 3.8) is 0 Å². The van der Waals surface area contributed by atoms with Gasteiger partial charge in [-0.25, -0.2) is 0 Å². The molecular weight excluding hydrogens is 266 g/mol. The number of hydrogen-bond donors (Lipinski definition) is 1. The van der Waals surface area contributed by atoms with Crippen molar-refractivity contribution in [2.24, 2.45) is 0 Å². The van der Waals surface area contributed by atoms with Crippen LogP contribution in [0.1, 0.15) is 26.5 Å². The lowest BCUT2D eigenvalue weighted by Gasteiger charge is -2.14. The lowest BCUT2D eigenvalue weighted by Crippen LogP contribution is -2.09. The van der Waals surface area contributed by atoms with Crippen molar-refractivity contribution < 1.29 is 9.47 Å². The van der Waals surface area contributed by atoms with Crippen LogP contribution in [0.5, 0.6) is 11.5 Å². The van der Waals surface area contributed by atoms with Crippen LogP contribution in [0.3, 0.4) is 0 Å². The number of aromatic nitrogens is 2. The van der Waals surface area contributed by atoms with Gasteiger partial charge in [-0.1, -0.05) is 0 Å². The van der Waals surface area contributed by atoms with Gasteiger partial charge in [-0.2, -0.15) is 5.10 Å². The van der Waals surface area contributed by atoms with Crippen molar-refractivity contribution in [3.05, 3.63) is 36.2 Å². The normalized spacial score (nSPS) is 10.4. The molecule has 21 heavy (non-hydrogen) atoms. The third kappa shape index (κ3) is 3.90. The summed E-state index contributed by atoms with van der Waals surface area (Å²) >= 11 is 0. The van der Waals surface area contributed by atoms with Gasteiger partial charge in [-0.05, 0) is 39.0 Å². The molecule has 0 aliphatic rings. The van der Waals surface area contributed by atoms with Crippen molar-refractivity contribution in [1.82, 2.24) is 9.78 Å². The van der Waals surface area contributed by atoms with E-state index >= 15 is 0 Å². The number of nitrogens with one attached hydrogen (secondary N) is 1. The molecule has 1 aromatic carbocycles. The van der Waals surface area contributed by atoms with Crippen LogP contribution in [0, 0.1) is 0 Å². The molecule has 1 heterocycles. The zero-order chi connectivity index (χ0) is 15.1. The second-order valence-electron chi connectivity index (χ2n) is 4.52. The Morgan fingerprint density at radius 3 is 2.62 bits per heavy atom. The van der Waals surface area contributed by atoms with Crippen LogP contribution in [0.4, 0.5) is 5.69 Å². The van der Waals surface area contributed by atoms with Crippen LogP contribution in [-0.2, 0) is 13.1 Å². The summed E-state index contributed by atoms with van der Waals surface area (Å²) in [5, 5.41) is 7.68. The Bertz CT molecular complexity index is 566. The van der Waals surface area contributed by atoms with E-state index in [2.05, 4.69) is 17.3 Å². The van der Waals surface area contributed by atoms with Gasteiger partial charge < -0.3 is 14.8 Å². The fourth-order valence-electron chi connectivity index (χ4n) is 2.17. The van der Waals surface area contributed by atoms with Crippen molar-refractivity contribution in [1.29, 1.82) is 0 Å². The Hall–Kier alpha value is -2.17. The van der Waals surface area contributed by atoms with Crippen molar-refractivity contribution in [3.8, 4) is 11.5 Å². The minimum atomic E-state index is 0.634. The molecule has 0 atom stereocenters. The largest absolute Gasteiger partial charge is 0.494 e. The predicted octanol–water partition coefficient (Wildman–Crippen LogP) is 3.31. The first-order chi connectivity index (χ1) is 10.3. The summed E-state index contributed by atoms with van der Waals surface area (Å²) in [6, 6.07) is 7.86. The lowest BCUT2D eigenvalue weighted by atomic mass is 10.2. The quantitative estimate of drug-likeness (QED) is 0.810. The summed E-state index contributed by atoms with van der Waals surface area (Å²) < 4.78 is 13.2. The fraction of sp³-hybridized carbons (Fsp3) is 0.438. The van der Waals surface area contributed by atoms with Gasteiger partial charge in [0.25, 0.3) is 0 Å². The van der Waals surface area contributed by atoms with E-state index in [1.165, 1.54) is 0 Å². The Morgan fingerprint density at radius 1 is 1.10 bits per heavy atom. The molecule has 0 spiro atoms. The monoisotopic (exact) mass is 289 g/mol. The second-order valence-corrected chi connectivity index (χ2v) is 4.52. The second kappa shape index (κ2) is 7.57. The number of nitrogens with zero attached hydrogens (tertiary/aromatic N) is 2. The van der Waals surface area contributed by atoms with Gasteiger partial charge in [0.1, 0.15) is 11.5 Å². The summed E-state index contributed by atoms with van der Waals surface area (Å²) in [7, 11) is 0. The molecule has 1 aromatic heterocycles. The van der Waals surface area contributed by atoms with E-state index in [1.54, 1.807) is 0 Å². The smallest absolute Gasteiger partial charge is 0.142 e. The Labute approximate surface area is 125 Å². The van der Waals surface area contributed by atoms with Crippen molar-refractivity contribution >= 4 is 5.69 Å². The van der Waals surface area contributed by atoms with E-state index in [0.29, 0.717) is 19.8 Å². The average molecular weight is 289 g/mol. The number of anilines is 1. The van der Waals surface area contributed by atoms with Crippen LogP contribution in [0.25, 0.3) is 0 Å². The molecule has 0 aliphatic heterocycles. The average Bonchev–Trinajstić information content (AvgIpc) is 2.95. The van der Waals surface area contributed by atoms with Gasteiger partial charge in [-0.3, -0.25) is 4.68 Å². The molecule has 0 bridgehead atoms. The van der Waals surface area contributed by atoms with Gasteiger partial charge in [0.05, 0.1) is 31.1 Å². The third-order valence-corrected chi connectivity index (χ3v) is 3.13. The molecule has 2 aromatic rings. The maximum Gasteiger partial charge on any atom is 0.142 e. The highest BCUT2D eigenvalue weighted by Crippen LogP contribution is 2.29. The summed E-state index contributed by atoms with van der Waals surface area (Å²) in [6.45, 7) is 8.88. The first-order valence-corrected chi connectivity index (χ1v) is 7.42. The van der Waals surface area contributed by atoms with Gasteiger partial charge >= 0.3 is 0 Å². The van der Waals surface area contributed by atoms with Gasteiger partial charge in [0.2, 0.25) is 0 Å². The lowest BCUT2D eigenvalue weighted by molar-refractivity contribution is 0.332. The maximum absolute atomic E-state index is 5.66. The molecule has 0 aliphatic carbocycles. The summed E-state index contributed by atoms with van der Waals surface area (Å²) in [5.74, 6) is 1.68. The molecule has 0 radical (unpaired) electrons. The molecule has 114 valence electrons. The topological polar surface area (TPSA) is 48.3 Å². The van der Waals surface area contributed by atoms with Gasteiger partial charge in [-0.15, -0.1) is 0 Å². The summed E-state index contributed by atoms with van der Waals surface area (Å²) in [5.41, 5.74) is 2.08. The van der Waals surface area contributed by atoms with Gasteiger partial charge in [0.15, 0.2) is 0 Å². The van der Waals surface area contributed by atoms with E-state index in [1.807, 2.05) is 49.0 Å². The van der Waals surface area contributed by atoms with Crippen molar-refractivity contribution in [2.45, 2.75) is 33.9 Å². The predicted molar refractivity (Wildman–Crippen MR) is 84.0 cm³/mol. The number of hydrogen-bond acceptors (Lipinski definition) is 4. The van der Waals surface area contributed by atoms with Crippen LogP contribution >= 0.6 is 0 Å². The molecule has 0 unspecified atom stereocenters. The van der Waals surface area contributed by atoms with Crippen LogP contribution < -0.4 is 14.8 Å². The molecule has 5 nitrogen and oxygen atoms in total. The van der Waals surface area contributed by atoms with E-state index < -0.39 is 0 Å². The molecule has 5 heteroatoms. The first-order valence-electron chi connectivity index (χ1n) is 7.42. The van der Waals surface area contributed by atoms with Crippen LogP contribution in [-0.4, -0.2) is 23.0 Å². The highest BCUT2D eigenvalue weighted by atomic mass is 16.5. The number of aryl methyl sites for hydroxylation is 1. The minimum absolute atomic E-state index is 0.634. The van der Waals surface area contributed by atoms with Gasteiger partial charge in [0, 0.05) is 18.8 Å². The molecule has 0 saturated heterocycles. The summed E-state index contributed by atoms with van der Waals surface area (Å²) in [4.78, 5) is 0. The zero-order valence-electron chi connectivity index (χ0n) is 12.9. The number of ether oxygens (including phenoxy) is 2. The van der Waals surface area contributed by atoms with E-state index in [9.17, 15) is 0 Å². The maximum atomic E-state index is 5.66. The molecule has 0 amide bonds. The fourth-order valence-corrected chi connectivity index (χ4v) is 2.17. The van der Waals surface area contributed by atoms with E-state index in [4.69, 9.17) is 9.47 Å². The Kier molecular flexibility index (Phi) is 5.49.